The van der Waals surface area contributed by atoms with Gasteiger partial charge in [0.15, 0.2) is 0 Å². The summed E-state index contributed by atoms with van der Waals surface area (Å²) in [5, 5.41) is 9.62. The summed E-state index contributed by atoms with van der Waals surface area (Å²) in [4.78, 5) is 13.7. The van der Waals surface area contributed by atoms with E-state index in [0.29, 0.717) is 6.54 Å². The minimum Gasteiger partial charge on any atom is -0.497 e. The van der Waals surface area contributed by atoms with E-state index in [4.69, 9.17) is 4.74 Å². The average molecular weight is 277 g/mol. The van der Waals surface area contributed by atoms with Gasteiger partial charge in [-0.2, -0.15) is 0 Å². The van der Waals surface area contributed by atoms with Gasteiger partial charge in [0.1, 0.15) is 5.75 Å². The van der Waals surface area contributed by atoms with Crippen molar-refractivity contribution in [2.75, 3.05) is 25.6 Å². The van der Waals surface area contributed by atoms with Gasteiger partial charge < -0.3 is 14.7 Å². The molecule has 1 fully saturated rings. The van der Waals surface area contributed by atoms with Crippen LogP contribution in [0.25, 0.3) is 0 Å². The van der Waals surface area contributed by atoms with Crippen LogP contribution in [0, 0.1) is 5.41 Å². The summed E-state index contributed by atoms with van der Waals surface area (Å²) in [5.74, 6) is 0.158. The van der Waals surface area contributed by atoms with E-state index in [1.165, 1.54) is 0 Å². The summed E-state index contributed by atoms with van der Waals surface area (Å²) in [6.07, 6.45) is 4.75. The number of nitrogens with zero attached hydrogens (tertiary/aromatic N) is 1. The Hall–Kier alpha value is -1.71. The molecule has 1 aliphatic rings. The minimum atomic E-state index is -0.655. The fourth-order valence-corrected chi connectivity index (χ4v) is 3.05. The highest BCUT2D eigenvalue weighted by molar-refractivity contribution is 5.75. The van der Waals surface area contributed by atoms with Gasteiger partial charge in [-0.3, -0.25) is 4.79 Å². The highest BCUT2D eigenvalue weighted by Crippen LogP contribution is 2.38. The normalized spacial score (nSPS) is 17.5. The molecule has 0 aromatic heterocycles. The Morgan fingerprint density at radius 3 is 2.35 bits per heavy atom. The third kappa shape index (κ3) is 3.06. The Balaban J connectivity index is 2.11. The van der Waals surface area contributed by atoms with Gasteiger partial charge in [-0.15, -0.1) is 0 Å². The second-order valence-electron chi connectivity index (χ2n) is 5.70. The highest BCUT2D eigenvalue weighted by atomic mass is 16.5. The molecule has 1 aromatic rings. The smallest absolute Gasteiger partial charge is 0.311 e. The first-order valence-corrected chi connectivity index (χ1v) is 7.16. The number of rotatable bonds is 5. The number of anilines is 1. The third-order valence-electron chi connectivity index (χ3n) is 4.32. The maximum absolute atomic E-state index is 11.7. The maximum atomic E-state index is 11.7. The third-order valence-corrected chi connectivity index (χ3v) is 4.32. The van der Waals surface area contributed by atoms with Crippen LogP contribution in [0.2, 0.25) is 0 Å². The standard InChI is InChI=1S/C16H23NO3/c1-17(13-6-8-14(20-2)9-7-13)12-16(15(18)19)10-4-3-5-11-16/h6-9H,3-5,10-12H2,1-2H3,(H,18,19). The summed E-state index contributed by atoms with van der Waals surface area (Å²) in [6.45, 7) is 0.564. The molecular formula is C16H23NO3. The SMILES string of the molecule is COc1ccc(N(C)CC2(C(=O)O)CCCCC2)cc1. The lowest BCUT2D eigenvalue weighted by Crippen LogP contribution is -2.43. The number of aliphatic carboxylic acids is 1. The molecule has 0 unspecified atom stereocenters. The second kappa shape index (κ2) is 6.16. The van der Waals surface area contributed by atoms with Gasteiger partial charge in [0, 0.05) is 19.3 Å². The summed E-state index contributed by atoms with van der Waals surface area (Å²) < 4.78 is 5.14. The average Bonchev–Trinajstić information content (AvgIpc) is 2.48. The van der Waals surface area contributed by atoms with Crippen molar-refractivity contribution in [1.82, 2.24) is 0 Å². The zero-order valence-corrected chi connectivity index (χ0v) is 12.3. The molecule has 2 rings (SSSR count). The number of benzene rings is 1. The number of methoxy groups -OCH3 is 1. The summed E-state index contributed by atoms with van der Waals surface area (Å²) in [7, 11) is 3.60. The van der Waals surface area contributed by atoms with E-state index in [0.717, 1.165) is 43.5 Å². The van der Waals surface area contributed by atoms with Crippen LogP contribution in [-0.4, -0.2) is 31.8 Å². The van der Waals surface area contributed by atoms with Crippen molar-refractivity contribution in [1.29, 1.82) is 0 Å². The Morgan fingerprint density at radius 2 is 1.85 bits per heavy atom. The summed E-state index contributed by atoms with van der Waals surface area (Å²) in [6, 6.07) is 7.74. The van der Waals surface area contributed by atoms with Gasteiger partial charge >= 0.3 is 5.97 Å². The van der Waals surface area contributed by atoms with Crippen LogP contribution < -0.4 is 9.64 Å². The Bertz CT molecular complexity index is 449. The van der Waals surface area contributed by atoms with E-state index >= 15 is 0 Å². The van der Waals surface area contributed by atoms with Crippen LogP contribution in [-0.2, 0) is 4.79 Å². The molecule has 0 radical (unpaired) electrons. The van der Waals surface area contributed by atoms with Gasteiger partial charge in [0.25, 0.3) is 0 Å². The molecule has 0 amide bonds. The summed E-state index contributed by atoms with van der Waals surface area (Å²) in [5.41, 5.74) is 0.435. The van der Waals surface area contributed by atoms with Gasteiger partial charge in [0.05, 0.1) is 12.5 Å². The van der Waals surface area contributed by atoms with E-state index in [1.807, 2.05) is 36.2 Å². The topological polar surface area (TPSA) is 49.8 Å². The van der Waals surface area contributed by atoms with Crippen LogP contribution in [0.15, 0.2) is 24.3 Å². The van der Waals surface area contributed by atoms with Gasteiger partial charge in [-0.25, -0.2) is 0 Å². The molecule has 0 bridgehead atoms. The highest BCUT2D eigenvalue weighted by Gasteiger charge is 2.40. The molecule has 0 spiro atoms. The molecule has 4 nitrogen and oxygen atoms in total. The van der Waals surface area contributed by atoms with Crippen molar-refractivity contribution in [2.45, 2.75) is 32.1 Å². The van der Waals surface area contributed by atoms with Crippen LogP contribution in [0.3, 0.4) is 0 Å². The van der Waals surface area contributed by atoms with E-state index < -0.39 is 11.4 Å². The number of hydrogen-bond acceptors (Lipinski definition) is 3. The molecule has 0 atom stereocenters. The van der Waals surface area contributed by atoms with Crippen molar-refractivity contribution < 1.29 is 14.6 Å². The maximum Gasteiger partial charge on any atom is 0.311 e. The van der Waals surface area contributed by atoms with Crippen molar-refractivity contribution >= 4 is 11.7 Å². The van der Waals surface area contributed by atoms with E-state index in [2.05, 4.69) is 0 Å². The van der Waals surface area contributed by atoms with E-state index in [-0.39, 0.29) is 0 Å². The number of carbonyl (C=O) groups is 1. The van der Waals surface area contributed by atoms with Gasteiger partial charge in [0.2, 0.25) is 0 Å². The van der Waals surface area contributed by atoms with Crippen molar-refractivity contribution in [3.63, 3.8) is 0 Å². The molecule has 20 heavy (non-hydrogen) atoms. The van der Waals surface area contributed by atoms with E-state index in [9.17, 15) is 9.90 Å². The number of ether oxygens (including phenoxy) is 1. The fraction of sp³-hybridized carbons (Fsp3) is 0.562. The van der Waals surface area contributed by atoms with Gasteiger partial charge in [-0.05, 0) is 37.1 Å². The largest absolute Gasteiger partial charge is 0.497 e. The van der Waals surface area contributed by atoms with Crippen LogP contribution >= 0.6 is 0 Å². The molecule has 1 aliphatic carbocycles. The quantitative estimate of drug-likeness (QED) is 0.898. The Labute approximate surface area is 120 Å². The Morgan fingerprint density at radius 1 is 1.25 bits per heavy atom. The van der Waals surface area contributed by atoms with E-state index in [1.54, 1.807) is 7.11 Å². The molecule has 0 aliphatic heterocycles. The molecule has 1 aromatic carbocycles. The molecule has 1 saturated carbocycles. The van der Waals surface area contributed by atoms with Crippen LogP contribution in [0.5, 0.6) is 5.75 Å². The van der Waals surface area contributed by atoms with Crippen molar-refractivity contribution in [3.8, 4) is 5.75 Å². The first-order chi connectivity index (χ1) is 9.57. The van der Waals surface area contributed by atoms with Crippen LogP contribution in [0.4, 0.5) is 5.69 Å². The monoisotopic (exact) mass is 277 g/mol. The molecule has 1 N–H and O–H groups in total. The van der Waals surface area contributed by atoms with Crippen LogP contribution in [0.1, 0.15) is 32.1 Å². The predicted molar refractivity (Wildman–Crippen MR) is 79.4 cm³/mol. The lowest BCUT2D eigenvalue weighted by molar-refractivity contribution is -0.150. The second-order valence-corrected chi connectivity index (χ2v) is 5.70. The lowest BCUT2D eigenvalue weighted by atomic mass is 9.73. The van der Waals surface area contributed by atoms with Gasteiger partial charge in [-0.1, -0.05) is 19.3 Å². The molecule has 0 saturated heterocycles. The zero-order chi connectivity index (χ0) is 14.6. The lowest BCUT2D eigenvalue weighted by Gasteiger charge is -2.37. The molecule has 110 valence electrons. The number of hydrogen-bond donors (Lipinski definition) is 1. The first-order valence-electron chi connectivity index (χ1n) is 7.16. The zero-order valence-electron chi connectivity index (χ0n) is 12.3. The number of carboxylic acid groups (broad SMARTS) is 1. The molecule has 4 heteroatoms. The molecular weight excluding hydrogens is 254 g/mol. The molecule has 0 heterocycles. The number of carboxylic acids is 1. The van der Waals surface area contributed by atoms with Crippen molar-refractivity contribution in [2.24, 2.45) is 5.41 Å². The fourth-order valence-electron chi connectivity index (χ4n) is 3.05. The predicted octanol–water partition coefficient (Wildman–Crippen LogP) is 3.17. The first kappa shape index (κ1) is 14.7. The van der Waals surface area contributed by atoms with Crippen molar-refractivity contribution in [3.05, 3.63) is 24.3 Å². The Kier molecular flexibility index (Phi) is 4.53. The summed E-state index contributed by atoms with van der Waals surface area (Å²) >= 11 is 0. The minimum absolute atomic E-state index is 0.564.